The van der Waals surface area contributed by atoms with Gasteiger partial charge in [0.2, 0.25) is 5.91 Å². The van der Waals surface area contributed by atoms with Gasteiger partial charge in [-0.3, -0.25) is 9.78 Å². The molecule has 0 spiro atoms. The summed E-state index contributed by atoms with van der Waals surface area (Å²) in [7, 11) is 3.23. The van der Waals surface area contributed by atoms with E-state index in [0.717, 1.165) is 16.8 Å². The van der Waals surface area contributed by atoms with Crippen molar-refractivity contribution in [1.29, 1.82) is 0 Å². The molecule has 2 amide bonds. The van der Waals surface area contributed by atoms with Gasteiger partial charge in [-0.2, -0.15) is 0 Å². The molecule has 1 aromatic heterocycles. The van der Waals surface area contributed by atoms with E-state index in [1.807, 2.05) is 61.3 Å². The van der Waals surface area contributed by atoms with E-state index in [4.69, 9.17) is 4.74 Å². The number of nitrogens with zero attached hydrogens (tertiary/aromatic N) is 3. The van der Waals surface area contributed by atoms with Crippen molar-refractivity contribution in [2.24, 2.45) is 5.92 Å². The van der Waals surface area contributed by atoms with Crippen LogP contribution in [0.2, 0.25) is 0 Å². The molecule has 0 radical (unpaired) electrons. The second-order valence-electron chi connectivity index (χ2n) is 7.20. The smallest absolute Gasteiger partial charge is 0.409 e. The summed E-state index contributed by atoms with van der Waals surface area (Å²) in [4.78, 5) is 33.0. The lowest BCUT2D eigenvalue weighted by Gasteiger charge is -2.35. The average Bonchev–Trinajstić information content (AvgIpc) is 2.75. The molecule has 3 rings (SSSR count). The number of likely N-dealkylation sites (tertiary alicyclic amines) is 1. The quantitative estimate of drug-likeness (QED) is 0.814. The minimum absolute atomic E-state index is 0.0865. The number of carbonyl (C=O) groups is 2. The normalized spacial score (nSPS) is 15.8. The maximum absolute atomic E-state index is 13.3. The second kappa shape index (κ2) is 8.87. The third kappa shape index (κ3) is 4.16. The number of rotatable bonds is 4. The first-order chi connectivity index (χ1) is 13.5. The highest BCUT2D eigenvalue weighted by Gasteiger charge is 2.33. The number of pyridine rings is 1. The first kappa shape index (κ1) is 19.9. The van der Waals surface area contributed by atoms with Crippen molar-refractivity contribution in [2.75, 3.05) is 27.2 Å². The lowest BCUT2D eigenvalue weighted by molar-refractivity contribution is -0.137. The molecule has 1 fully saturated rings. The average molecular weight is 381 g/mol. The van der Waals surface area contributed by atoms with E-state index in [0.29, 0.717) is 25.9 Å². The number of piperidine rings is 1. The molecule has 0 aliphatic carbocycles. The highest BCUT2D eigenvalue weighted by atomic mass is 16.5. The molecule has 28 heavy (non-hydrogen) atoms. The maximum Gasteiger partial charge on any atom is 0.409 e. The summed E-state index contributed by atoms with van der Waals surface area (Å²) < 4.78 is 4.78. The molecular weight excluding hydrogens is 354 g/mol. The number of ether oxygens (including phenoxy) is 1. The molecule has 2 heterocycles. The summed E-state index contributed by atoms with van der Waals surface area (Å²) in [5.41, 5.74) is 2.97. The maximum atomic E-state index is 13.3. The van der Waals surface area contributed by atoms with Gasteiger partial charge in [0.15, 0.2) is 0 Å². The van der Waals surface area contributed by atoms with Crippen molar-refractivity contribution in [3.63, 3.8) is 0 Å². The Morgan fingerprint density at radius 1 is 1.14 bits per heavy atom. The minimum atomic E-state index is -0.328. The predicted octanol–water partition coefficient (Wildman–Crippen LogP) is 3.42. The molecule has 1 unspecified atom stereocenters. The molecule has 1 aliphatic heterocycles. The Kier molecular flexibility index (Phi) is 6.29. The number of methoxy groups -OCH3 is 1. The van der Waals surface area contributed by atoms with Crippen LogP contribution in [0.5, 0.6) is 0 Å². The molecule has 0 N–H and O–H groups in total. The van der Waals surface area contributed by atoms with E-state index in [1.165, 1.54) is 7.11 Å². The van der Waals surface area contributed by atoms with Crippen molar-refractivity contribution in [3.05, 3.63) is 65.5 Å². The molecular formula is C22H27N3O3. The van der Waals surface area contributed by atoms with E-state index in [9.17, 15) is 9.59 Å². The van der Waals surface area contributed by atoms with Gasteiger partial charge in [-0.05, 0) is 37.0 Å². The summed E-state index contributed by atoms with van der Waals surface area (Å²) in [6.07, 6.45) is 2.72. The van der Waals surface area contributed by atoms with Crippen LogP contribution in [0.1, 0.15) is 35.7 Å². The number of aryl methyl sites for hydroxylation is 1. The number of carbonyl (C=O) groups excluding carboxylic acids is 2. The Labute approximate surface area is 166 Å². The lowest BCUT2D eigenvalue weighted by Crippen LogP contribution is -2.44. The van der Waals surface area contributed by atoms with Gasteiger partial charge in [0.25, 0.3) is 0 Å². The molecule has 1 saturated heterocycles. The number of aromatic nitrogens is 1. The monoisotopic (exact) mass is 381 g/mol. The summed E-state index contributed by atoms with van der Waals surface area (Å²) in [5, 5.41) is 0. The van der Waals surface area contributed by atoms with Crippen molar-refractivity contribution >= 4 is 12.0 Å². The van der Waals surface area contributed by atoms with Gasteiger partial charge in [0, 0.05) is 32.3 Å². The van der Waals surface area contributed by atoms with E-state index < -0.39 is 0 Å². The molecule has 1 aliphatic rings. The van der Waals surface area contributed by atoms with Gasteiger partial charge in [0.1, 0.15) is 0 Å². The van der Waals surface area contributed by atoms with Crippen molar-refractivity contribution in [2.45, 2.75) is 25.8 Å². The highest BCUT2D eigenvalue weighted by Crippen LogP contribution is 2.31. The van der Waals surface area contributed by atoms with Crippen LogP contribution in [0.3, 0.4) is 0 Å². The Morgan fingerprint density at radius 3 is 2.43 bits per heavy atom. The van der Waals surface area contributed by atoms with Gasteiger partial charge >= 0.3 is 6.09 Å². The van der Waals surface area contributed by atoms with Crippen LogP contribution in [0.15, 0.2) is 48.7 Å². The van der Waals surface area contributed by atoms with Gasteiger partial charge in [0.05, 0.1) is 18.8 Å². The van der Waals surface area contributed by atoms with Gasteiger partial charge in [-0.1, -0.05) is 36.4 Å². The molecule has 0 saturated carbocycles. The molecule has 1 atom stereocenters. The molecule has 0 bridgehead atoms. The fourth-order valence-corrected chi connectivity index (χ4v) is 3.84. The second-order valence-corrected chi connectivity index (χ2v) is 7.20. The standard InChI is InChI=1S/C22H27N3O3/c1-16-8-7-13-23-19(16)20(17-9-5-4-6-10-17)24(2)21(26)18-11-14-25(15-12-18)22(27)28-3/h4-10,13,18,20H,11-12,14-15H2,1-3H3. The lowest BCUT2D eigenvalue weighted by atomic mass is 9.92. The summed E-state index contributed by atoms with van der Waals surface area (Å²) >= 11 is 0. The van der Waals surface area contributed by atoms with Crippen molar-refractivity contribution in [1.82, 2.24) is 14.8 Å². The number of hydrogen-bond donors (Lipinski definition) is 0. The van der Waals surface area contributed by atoms with Gasteiger partial charge < -0.3 is 14.5 Å². The zero-order valence-electron chi connectivity index (χ0n) is 16.7. The van der Waals surface area contributed by atoms with E-state index in [-0.39, 0.29) is 24.0 Å². The van der Waals surface area contributed by atoms with Crippen LogP contribution < -0.4 is 0 Å². The van der Waals surface area contributed by atoms with Crippen molar-refractivity contribution < 1.29 is 14.3 Å². The topological polar surface area (TPSA) is 62.7 Å². The first-order valence-corrected chi connectivity index (χ1v) is 9.59. The van der Waals surface area contributed by atoms with Crippen LogP contribution in [0.25, 0.3) is 0 Å². The van der Waals surface area contributed by atoms with E-state index >= 15 is 0 Å². The molecule has 2 aromatic rings. The number of hydrogen-bond acceptors (Lipinski definition) is 4. The molecule has 148 valence electrons. The van der Waals surface area contributed by atoms with Crippen LogP contribution >= 0.6 is 0 Å². The van der Waals surface area contributed by atoms with Crippen molar-refractivity contribution in [3.8, 4) is 0 Å². The van der Waals surface area contributed by atoms with Crippen LogP contribution in [0, 0.1) is 12.8 Å². The number of amides is 2. The largest absolute Gasteiger partial charge is 0.453 e. The predicted molar refractivity (Wildman–Crippen MR) is 107 cm³/mol. The highest BCUT2D eigenvalue weighted by molar-refractivity contribution is 5.80. The Morgan fingerprint density at radius 2 is 1.82 bits per heavy atom. The fourth-order valence-electron chi connectivity index (χ4n) is 3.84. The van der Waals surface area contributed by atoms with Crippen LogP contribution in [-0.4, -0.2) is 54.0 Å². The molecule has 1 aromatic carbocycles. The van der Waals surface area contributed by atoms with Gasteiger partial charge in [-0.15, -0.1) is 0 Å². The molecule has 6 nitrogen and oxygen atoms in total. The Bertz CT molecular complexity index is 817. The van der Waals surface area contributed by atoms with Gasteiger partial charge in [-0.25, -0.2) is 4.79 Å². The van der Waals surface area contributed by atoms with E-state index in [1.54, 1.807) is 11.1 Å². The minimum Gasteiger partial charge on any atom is -0.453 e. The fraction of sp³-hybridized carbons (Fsp3) is 0.409. The SMILES string of the molecule is COC(=O)N1CCC(C(=O)N(C)C(c2ccccc2)c2ncccc2C)CC1. The summed E-state index contributed by atoms with van der Waals surface area (Å²) in [5.74, 6) is -0.0236. The van der Waals surface area contributed by atoms with Crippen LogP contribution in [0.4, 0.5) is 4.79 Å². The zero-order chi connectivity index (χ0) is 20.1. The Balaban J connectivity index is 1.82. The Hall–Kier alpha value is -2.89. The third-order valence-corrected chi connectivity index (χ3v) is 5.44. The van der Waals surface area contributed by atoms with E-state index in [2.05, 4.69) is 4.98 Å². The molecule has 6 heteroatoms. The summed E-state index contributed by atoms with van der Waals surface area (Å²) in [6.45, 7) is 3.09. The third-order valence-electron chi connectivity index (χ3n) is 5.44. The summed E-state index contributed by atoms with van der Waals surface area (Å²) in [6, 6.07) is 13.7. The number of benzene rings is 1. The zero-order valence-corrected chi connectivity index (χ0v) is 16.7. The first-order valence-electron chi connectivity index (χ1n) is 9.59. The van der Waals surface area contributed by atoms with Crippen LogP contribution in [-0.2, 0) is 9.53 Å².